The fourth-order valence-electron chi connectivity index (χ4n) is 3.65. The van der Waals surface area contributed by atoms with Crippen LogP contribution >= 0.6 is 0 Å². The maximum Gasteiger partial charge on any atom is 0.154 e. The summed E-state index contributed by atoms with van der Waals surface area (Å²) in [5.74, 6) is 0.204. The van der Waals surface area contributed by atoms with Crippen molar-refractivity contribution in [1.82, 2.24) is 0 Å². The zero-order valence-electron chi connectivity index (χ0n) is 17.5. The molecule has 29 heavy (non-hydrogen) atoms. The molecule has 4 nitrogen and oxygen atoms in total. The summed E-state index contributed by atoms with van der Waals surface area (Å²) in [6.07, 6.45) is 3.31. The Morgan fingerprint density at radius 1 is 1.03 bits per heavy atom. The lowest BCUT2D eigenvalue weighted by Gasteiger charge is -2.17. The maximum atomic E-state index is 11.4. The summed E-state index contributed by atoms with van der Waals surface area (Å²) < 4.78 is 0. The number of allylic oxidation sites excluding steroid dienone is 2. The second-order valence-electron chi connectivity index (χ2n) is 7.40. The van der Waals surface area contributed by atoms with E-state index >= 15 is 0 Å². The number of carbonyl (C=O) groups excluding carboxylic acids is 1. The topological polar surface area (TPSA) is 61.7 Å². The van der Waals surface area contributed by atoms with Gasteiger partial charge in [0.05, 0.1) is 5.69 Å². The Balaban J connectivity index is 2.08. The second-order valence-corrected chi connectivity index (χ2v) is 7.40. The highest BCUT2D eigenvalue weighted by Gasteiger charge is 2.12. The van der Waals surface area contributed by atoms with Crippen molar-refractivity contribution in [1.29, 1.82) is 0 Å². The molecule has 0 saturated heterocycles. The fraction of sp³-hybridized carbons (Fsp3) is 0.200. The fourth-order valence-corrected chi connectivity index (χ4v) is 3.65. The average molecular weight is 386 g/mol. The molecule has 0 bridgehead atoms. The van der Waals surface area contributed by atoms with Gasteiger partial charge in [0.1, 0.15) is 5.75 Å². The molecule has 0 aliphatic heterocycles. The standard InChI is InChI=1S/C25H26N2O2/c1-15-12-16(2)25(27-17(3)13-18(4)28)19(5)24(15)26-14-22-21-9-7-6-8-20(21)10-11-23(22)29/h6-14,27,29H,1-5H3/b17-13-,26-14?. The number of nitrogens with one attached hydrogen (secondary N) is 1. The van der Waals surface area contributed by atoms with Crippen LogP contribution in [0.2, 0.25) is 0 Å². The SMILES string of the molecule is CC(=O)/C=C(/C)Nc1c(C)cc(C)c(N=Cc2c(O)ccc3ccccc23)c1C. The normalized spacial score (nSPS) is 12.0. The van der Waals surface area contributed by atoms with E-state index < -0.39 is 0 Å². The van der Waals surface area contributed by atoms with E-state index in [0.29, 0.717) is 5.56 Å². The lowest BCUT2D eigenvalue weighted by Crippen LogP contribution is -2.03. The van der Waals surface area contributed by atoms with Crippen molar-refractivity contribution >= 4 is 34.1 Å². The van der Waals surface area contributed by atoms with Crippen molar-refractivity contribution in [3.05, 3.63) is 76.5 Å². The predicted octanol–water partition coefficient (Wildman–Crippen LogP) is 6.13. The zero-order chi connectivity index (χ0) is 21.1. The summed E-state index contributed by atoms with van der Waals surface area (Å²) in [5.41, 5.74) is 6.41. The van der Waals surface area contributed by atoms with Gasteiger partial charge in [-0.2, -0.15) is 0 Å². The summed E-state index contributed by atoms with van der Waals surface area (Å²) in [5, 5.41) is 15.7. The molecule has 0 saturated carbocycles. The second kappa shape index (κ2) is 8.31. The van der Waals surface area contributed by atoms with Crippen LogP contribution in [-0.4, -0.2) is 17.1 Å². The molecule has 0 amide bonds. The first-order chi connectivity index (χ1) is 13.8. The first-order valence-electron chi connectivity index (χ1n) is 9.59. The number of anilines is 1. The smallest absolute Gasteiger partial charge is 0.154 e. The Morgan fingerprint density at radius 2 is 1.76 bits per heavy atom. The van der Waals surface area contributed by atoms with E-state index in [0.717, 1.165) is 44.5 Å². The summed E-state index contributed by atoms with van der Waals surface area (Å²) in [6.45, 7) is 9.48. The molecule has 3 aromatic carbocycles. The Morgan fingerprint density at radius 3 is 2.48 bits per heavy atom. The van der Waals surface area contributed by atoms with Crippen LogP contribution in [0.3, 0.4) is 0 Å². The highest BCUT2D eigenvalue weighted by Crippen LogP contribution is 2.34. The van der Waals surface area contributed by atoms with Crippen LogP contribution < -0.4 is 5.32 Å². The van der Waals surface area contributed by atoms with E-state index in [2.05, 4.69) is 11.4 Å². The van der Waals surface area contributed by atoms with Gasteiger partial charge in [-0.1, -0.05) is 36.4 Å². The predicted molar refractivity (Wildman–Crippen MR) is 122 cm³/mol. The molecular weight excluding hydrogens is 360 g/mol. The van der Waals surface area contributed by atoms with E-state index in [4.69, 9.17) is 4.99 Å². The molecule has 4 heteroatoms. The van der Waals surface area contributed by atoms with Crippen molar-refractivity contribution in [3.8, 4) is 5.75 Å². The first kappa shape index (κ1) is 20.3. The number of hydrogen-bond acceptors (Lipinski definition) is 4. The van der Waals surface area contributed by atoms with E-state index in [-0.39, 0.29) is 11.5 Å². The van der Waals surface area contributed by atoms with Crippen molar-refractivity contribution in [3.63, 3.8) is 0 Å². The molecule has 0 aliphatic carbocycles. The van der Waals surface area contributed by atoms with Crippen molar-refractivity contribution in [2.75, 3.05) is 5.32 Å². The third-order valence-electron chi connectivity index (χ3n) is 4.94. The maximum absolute atomic E-state index is 11.4. The Bertz CT molecular complexity index is 1160. The minimum atomic E-state index is 0.00194. The number of aliphatic imine (C=N–C) groups is 1. The molecule has 0 unspecified atom stereocenters. The minimum absolute atomic E-state index is 0.00194. The Labute approximate surface area is 171 Å². The van der Waals surface area contributed by atoms with Crippen LogP contribution in [0.15, 0.2) is 59.2 Å². The summed E-state index contributed by atoms with van der Waals surface area (Å²) in [6, 6.07) is 13.6. The van der Waals surface area contributed by atoms with Gasteiger partial charge in [-0.25, -0.2) is 0 Å². The number of benzene rings is 3. The van der Waals surface area contributed by atoms with E-state index in [1.165, 1.54) is 6.92 Å². The lowest BCUT2D eigenvalue weighted by atomic mass is 10.0. The Hall–Kier alpha value is -3.40. The minimum Gasteiger partial charge on any atom is -0.507 e. The number of hydrogen-bond donors (Lipinski definition) is 2. The van der Waals surface area contributed by atoms with Gasteiger partial charge in [-0.05, 0) is 74.2 Å². The number of fused-ring (bicyclic) bond motifs is 1. The van der Waals surface area contributed by atoms with E-state index in [1.807, 2.05) is 58.0 Å². The van der Waals surface area contributed by atoms with Gasteiger partial charge in [0.2, 0.25) is 0 Å². The van der Waals surface area contributed by atoms with Gasteiger partial charge in [-0.3, -0.25) is 9.79 Å². The molecule has 0 spiro atoms. The summed E-state index contributed by atoms with van der Waals surface area (Å²) >= 11 is 0. The molecule has 3 rings (SSSR count). The van der Waals surface area contributed by atoms with Gasteiger partial charge in [0.25, 0.3) is 0 Å². The van der Waals surface area contributed by atoms with Crippen LogP contribution in [0.4, 0.5) is 11.4 Å². The average Bonchev–Trinajstić information content (AvgIpc) is 2.65. The van der Waals surface area contributed by atoms with E-state index in [9.17, 15) is 9.90 Å². The van der Waals surface area contributed by atoms with Gasteiger partial charge in [0.15, 0.2) is 5.78 Å². The van der Waals surface area contributed by atoms with Crippen LogP contribution in [0.25, 0.3) is 10.8 Å². The molecule has 2 N–H and O–H groups in total. The number of phenolic OH excluding ortho intramolecular Hbond substituents is 1. The number of aromatic hydroxyl groups is 1. The van der Waals surface area contributed by atoms with E-state index in [1.54, 1.807) is 18.4 Å². The number of nitrogens with zero attached hydrogens (tertiary/aromatic N) is 1. The van der Waals surface area contributed by atoms with Crippen LogP contribution in [0.5, 0.6) is 5.75 Å². The molecular formula is C25H26N2O2. The number of ketones is 1. The third-order valence-corrected chi connectivity index (χ3v) is 4.94. The number of phenols is 1. The Kier molecular flexibility index (Phi) is 5.83. The molecule has 0 aromatic heterocycles. The number of carbonyl (C=O) groups is 1. The quantitative estimate of drug-likeness (QED) is 0.410. The van der Waals surface area contributed by atoms with Gasteiger partial charge < -0.3 is 10.4 Å². The third kappa shape index (κ3) is 4.37. The molecule has 0 aliphatic rings. The molecule has 0 atom stereocenters. The first-order valence-corrected chi connectivity index (χ1v) is 9.59. The van der Waals surface area contributed by atoms with Crippen molar-refractivity contribution in [2.45, 2.75) is 34.6 Å². The summed E-state index contributed by atoms with van der Waals surface area (Å²) in [4.78, 5) is 16.1. The van der Waals surface area contributed by atoms with Crippen LogP contribution in [-0.2, 0) is 4.79 Å². The van der Waals surface area contributed by atoms with Crippen LogP contribution in [0.1, 0.15) is 36.1 Å². The van der Waals surface area contributed by atoms with Crippen molar-refractivity contribution < 1.29 is 9.90 Å². The van der Waals surface area contributed by atoms with Gasteiger partial charge in [-0.15, -0.1) is 0 Å². The van der Waals surface area contributed by atoms with Gasteiger partial charge >= 0.3 is 0 Å². The molecule has 148 valence electrons. The number of rotatable bonds is 5. The monoisotopic (exact) mass is 386 g/mol. The zero-order valence-corrected chi connectivity index (χ0v) is 17.5. The highest BCUT2D eigenvalue weighted by atomic mass is 16.3. The molecule has 0 fully saturated rings. The lowest BCUT2D eigenvalue weighted by molar-refractivity contribution is -0.112. The number of aryl methyl sites for hydroxylation is 2. The molecule has 3 aromatic rings. The largest absolute Gasteiger partial charge is 0.507 e. The highest BCUT2D eigenvalue weighted by molar-refractivity contribution is 6.03. The molecule has 0 heterocycles. The van der Waals surface area contributed by atoms with Crippen LogP contribution in [0, 0.1) is 20.8 Å². The van der Waals surface area contributed by atoms with Gasteiger partial charge in [0, 0.05) is 23.2 Å². The molecule has 0 radical (unpaired) electrons. The van der Waals surface area contributed by atoms with Crippen molar-refractivity contribution in [2.24, 2.45) is 4.99 Å². The summed E-state index contributed by atoms with van der Waals surface area (Å²) in [7, 11) is 0.